The van der Waals surface area contributed by atoms with Crippen molar-refractivity contribution in [1.82, 2.24) is 5.32 Å². The van der Waals surface area contributed by atoms with Gasteiger partial charge in [-0.1, -0.05) is 13.8 Å². The summed E-state index contributed by atoms with van der Waals surface area (Å²) in [4.78, 5) is 11.8. The smallest absolute Gasteiger partial charge is 0.322 e. The number of carbonyl (C=O) groups is 1. The Morgan fingerprint density at radius 3 is 2.50 bits per heavy atom. The molecule has 0 radical (unpaired) electrons. The maximum absolute atomic E-state index is 11.8. The van der Waals surface area contributed by atoms with Crippen LogP contribution >= 0.6 is 0 Å². The van der Waals surface area contributed by atoms with E-state index in [0.29, 0.717) is 18.6 Å². The van der Waals surface area contributed by atoms with Gasteiger partial charge in [-0.15, -0.1) is 0 Å². The third kappa shape index (κ3) is 5.36. The largest absolute Gasteiger partial charge is 0.464 e. The minimum absolute atomic E-state index is 0.131. The molecule has 0 saturated carbocycles. The Bertz CT molecular complexity index is 235. The van der Waals surface area contributed by atoms with E-state index in [9.17, 15) is 4.79 Å². The normalized spacial score (nSPS) is 18.9. The number of hydrogen-bond donors (Lipinski definition) is 1. The lowest BCUT2D eigenvalue weighted by Crippen LogP contribution is -2.42. The molecule has 106 valence electrons. The summed E-state index contributed by atoms with van der Waals surface area (Å²) >= 11 is 0. The van der Waals surface area contributed by atoms with Crippen LogP contribution in [0.2, 0.25) is 0 Å². The van der Waals surface area contributed by atoms with Crippen LogP contribution in [0.4, 0.5) is 0 Å². The minimum atomic E-state index is -0.213. The highest BCUT2D eigenvalue weighted by molar-refractivity contribution is 5.75. The topological polar surface area (TPSA) is 47.6 Å². The van der Waals surface area contributed by atoms with E-state index in [1.807, 2.05) is 6.92 Å². The monoisotopic (exact) mass is 257 g/mol. The fraction of sp³-hybridized carbons (Fsp3) is 0.929. The van der Waals surface area contributed by atoms with Gasteiger partial charge in [-0.25, -0.2) is 0 Å². The van der Waals surface area contributed by atoms with Crippen LogP contribution in [0.3, 0.4) is 0 Å². The van der Waals surface area contributed by atoms with E-state index in [1.165, 1.54) is 0 Å². The summed E-state index contributed by atoms with van der Waals surface area (Å²) < 4.78 is 10.7. The lowest BCUT2D eigenvalue weighted by molar-refractivity contribution is -0.148. The quantitative estimate of drug-likeness (QED) is 0.710. The van der Waals surface area contributed by atoms with Crippen LogP contribution in [0, 0.1) is 5.92 Å². The van der Waals surface area contributed by atoms with E-state index in [-0.39, 0.29) is 12.0 Å². The van der Waals surface area contributed by atoms with Gasteiger partial charge in [0.25, 0.3) is 0 Å². The van der Waals surface area contributed by atoms with Crippen molar-refractivity contribution in [2.45, 2.75) is 58.5 Å². The minimum Gasteiger partial charge on any atom is -0.464 e. The molecular formula is C14H27NO3. The maximum Gasteiger partial charge on any atom is 0.322 e. The zero-order valence-electron chi connectivity index (χ0n) is 11.9. The van der Waals surface area contributed by atoms with Crippen molar-refractivity contribution in [3.8, 4) is 0 Å². The van der Waals surface area contributed by atoms with Crippen molar-refractivity contribution in [3.05, 3.63) is 0 Å². The standard InChI is InChI=1S/C14H27NO3/c1-4-13(5-2)15-11(3)14(16)18-10-12-6-8-17-9-7-12/h11-13,15H,4-10H2,1-3H3. The average molecular weight is 257 g/mol. The van der Waals surface area contributed by atoms with Crippen LogP contribution in [0.5, 0.6) is 0 Å². The molecule has 0 amide bonds. The number of esters is 1. The van der Waals surface area contributed by atoms with E-state index in [1.54, 1.807) is 0 Å². The SMILES string of the molecule is CCC(CC)NC(C)C(=O)OCC1CCOCC1. The van der Waals surface area contributed by atoms with Gasteiger partial charge in [0.2, 0.25) is 0 Å². The molecule has 4 nitrogen and oxygen atoms in total. The third-order valence-corrected chi connectivity index (χ3v) is 3.63. The molecule has 0 spiro atoms. The molecule has 0 aliphatic carbocycles. The van der Waals surface area contributed by atoms with Crippen molar-refractivity contribution in [1.29, 1.82) is 0 Å². The lowest BCUT2D eigenvalue weighted by Gasteiger charge is -2.24. The Kier molecular flexibility index (Phi) is 7.28. The Morgan fingerprint density at radius 2 is 1.94 bits per heavy atom. The lowest BCUT2D eigenvalue weighted by atomic mass is 10.0. The Morgan fingerprint density at radius 1 is 1.33 bits per heavy atom. The van der Waals surface area contributed by atoms with Crippen molar-refractivity contribution in [2.24, 2.45) is 5.92 Å². The highest BCUT2D eigenvalue weighted by atomic mass is 16.5. The van der Waals surface area contributed by atoms with Crippen molar-refractivity contribution in [2.75, 3.05) is 19.8 Å². The van der Waals surface area contributed by atoms with Crippen LogP contribution in [-0.4, -0.2) is 37.9 Å². The molecule has 1 atom stereocenters. The average Bonchev–Trinajstić information content (AvgIpc) is 2.42. The van der Waals surface area contributed by atoms with Crippen molar-refractivity contribution >= 4 is 5.97 Å². The van der Waals surface area contributed by atoms with E-state index in [0.717, 1.165) is 38.9 Å². The van der Waals surface area contributed by atoms with E-state index < -0.39 is 0 Å². The van der Waals surface area contributed by atoms with Gasteiger partial charge in [-0.05, 0) is 38.5 Å². The molecule has 1 heterocycles. The molecule has 1 saturated heterocycles. The van der Waals surface area contributed by atoms with Gasteiger partial charge in [-0.2, -0.15) is 0 Å². The van der Waals surface area contributed by atoms with Gasteiger partial charge in [0.05, 0.1) is 6.61 Å². The summed E-state index contributed by atoms with van der Waals surface area (Å²) in [6.07, 6.45) is 4.07. The molecular weight excluding hydrogens is 230 g/mol. The second-order valence-corrected chi connectivity index (χ2v) is 5.09. The second kappa shape index (κ2) is 8.48. The van der Waals surface area contributed by atoms with Gasteiger partial charge >= 0.3 is 5.97 Å². The maximum atomic E-state index is 11.8. The Balaban J connectivity index is 2.22. The Hall–Kier alpha value is -0.610. The summed E-state index contributed by atoms with van der Waals surface area (Å²) in [6, 6.07) is 0.186. The van der Waals surface area contributed by atoms with E-state index in [2.05, 4.69) is 19.2 Å². The van der Waals surface area contributed by atoms with Crippen molar-refractivity contribution < 1.29 is 14.3 Å². The van der Waals surface area contributed by atoms with E-state index >= 15 is 0 Å². The molecule has 0 bridgehead atoms. The molecule has 1 aliphatic heterocycles. The first kappa shape index (κ1) is 15.4. The molecule has 4 heteroatoms. The Labute approximate surface area is 110 Å². The first-order valence-electron chi connectivity index (χ1n) is 7.17. The highest BCUT2D eigenvalue weighted by Crippen LogP contribution is 2.15. The number of ether oxygens (including phenoxy) is 2. The molecule has 1 fully saturated rings. The predicted octanol–water partition coefficient (Wildman–Crippen LogP) is 2.12. The molecule has 0 aromatic rings. The highest BCUT2D eigenvalue weighted by Gasteiger charge is 2.20. The first-order valence-corrected chi connectivity index (χ1v) is 7.17. The summed E-state index contributed by atoms with van der Waals surface area (Å²) in [5, 5.41) is 3.30. The number of hydrogen-bond acceptors (Lipinski definition) is 4. The number of rotatable bonds is 7. The van der Waals surface area contributed by atoms with Crippen LogP contribution in [0.15, 0.2) is 0 Å². The van der Waals surface area contributed by atoms with Gasteiger partial charge in [0, 0.05) is 19.3 Å². The number of nitrogens with one attached hydrogen (secondary N) is 1. The molecule has 18 heavy (non-hydrogen) atoms. The van der Waals surface area contributed by atoms with Gasteiger partial charge in [0.1, 0.15) is 6.04 Å². The second-order valence-electron chi connectivity index (χ2n) is 5.09. The van der Waals surface area contributed by atoms with Gasteiger partial charge in [0.15, 0.2) is 0 Å². The molecule has 1 rings (SSSR count). The summed E-state index contributed by atoms with van der Waals surface area (Å²) in [5.41, 5.74) is 0. The van der Waals surface area contributed by atoms with Crippen LogP contribution < -0.4 is 5.32 Å². The van der Waals surface area contributed by atoms with Crippen LogP contribution in [0.1, 0.15) is 46.5 Å². The molecule has 1 N–H and O–H groups in total. The third-order valence-electron chi connectivity index (χ3n) is 3.63. The fourth-order valence-corrected chi connectivity index (χ4v) is 2.18. The summed E-state index contributed by atoms with van der Waals surface area (Å²) in [5.74, 6) is 0.344. The van der Waals surface area contributed by atoms with Gasteiger partial charge < -0.3 is 14.8 Å². The predicted molar refractivity (Wildman–Crippen MR) is 71.5 cm³/mol. The van der Waals surface area contributed by atoms with Crippen molar-refractivity contribution in [3.63, 3.8) is 0 Å². The van der Waals surface area contributed by atoms with Crippen LogP contribution in [0.25, 0.3) is 0 Å². The molecule has 1 unspecified atom stereocenters. The van der Waals surface area contributed by atoms with Gasteiger partial charge in [-0.3, -0.25) is 4.79 Å². The summed E-state index contributed by atoms with van der Waals surface area (Å²) in [6.45, 7) is 8.26. The first-order chi connectivity index (χ1) is 8.67. The fourth-order valence-electron chi connectivity index (χ4n) is 2.18. The van der Waals surface area contributed by atoms with Crippen LogP contribution in [-0.2, 0) is 14.3 Å². The number of carbonyl (C=O) groups excluding carboxylic acids is 1. The van der Waals surface area contributed by atoms with E-state index in [4.69, 9.17) is 9.47 Å². The summed E-state index contributed by atoms with van der Waals surface area (Å²) in [7, 11) is 0. The zero-order chi connectivity index (χ0) is 13.4. The molecule has 0 aromatic carbocycles. The molecule has 1 aliphatic rings. The molecule has 0 aromatic heterocycles. The zero-order valence-corrected chi connectivity index (χ0v) is 11.9.